The number of hydrogen-bond acceptors (Lipinski definition) is 1. The number of benzene rings is 1. The Morgan fingerprint density at radius 3 is 2.85 bits per heavy atom. The van der Waals surface area contributed by atoms with Crippen LogP contribution in [0.3, 0.4) is 0 Å². The summed E-state index contributed by atoms with van der Waals surface area (Å²) in [6.45, 7) is 3.68. The van der Waals surface area contributed by atoms with Crippen LogP contribution in [0.5, 0.6) is 0 Å². The highest BCUT2D eigenvalue weighted by atomic mass is 35.5. The lowest BCUT2D eigenvalue weighted by Gasteiger charge is -2.00. The Morgan fingerprint density at radius 2 is 2.23 bits per heavy atom. The average molecular weight is 195 g/mol. The quantitative estimate of drug-likeness (QED) is 0.448. The summed E-state index contributed by atoms with van der Waals surface area (Å²) in [6, 6.07) is 7.62. The van der Waals surface area contributed by atoms with E-state index >= 15 is 0 Å². The number of halogens is 1. The summed E-state index contributed by atoms with van der Waals surface area (Å²) in [5.41, 5.74) is 7.27. The van der Waals surface area contributed by atoms with E-state index in [4.69, 9.17) is 17.3 Å². The third-order valence-corrected chi connectivity index (χ3v) is 1.83. The molecule has 0 aliphatic carbocycles. The van der Waals surface area contributed by atoms with Gasteiger partial charge in [0.05, 0.1) is 11.6 Å². The van der Waals surface area contributed by atoms with E-state index in [-0.39, 0.29) is 5.88 Å². The van der Waals surface area contributed by atoms with Gasteiger partial charge in [-0.3, -0.25) is 0 Å². The fourth-order valence-electron chi connectivity index (χ4n) is 0.947. The highest BCUT2D eigenvalue weighted by molar-refractivity contribution is 6.28. The van der Waals surface area contributed by atoms with Crippen LogP contribution in [0.1, 0.15) is 5.56 Å². The van der Waals surface area contributed by atoms with Crippen LogP contribution in [0, 0.1) is 0 Å². The lowest BCUT2D eigenvalue weighted by molar-refractivity contribution is 1.44. The Kier molecular flexibility index (Phi) is 3.53. The smallest absolute Gasteiger partial charge is 0.115 e. The summed E-state index contributed by atoms with van der Waals surface area (Å²) >= 11 is 5.52. The molecule has 2 nitrogen and oxygen atoms in total. The van der Waals surface area contributed by atoms with Gasteiger partial charge in [-0.2, -0.15) is 0 Å². The average Bonchev–Trinajstić information content (AvgIpc) is 2.18. The van der Waals surface area contributed by atoms with Crippen LogP contribution in [-0.2, 0) is 0 Å². The monoisotopic (exact) mass is 194 g/mol. The minimum atomic E-state index is 0.242. The first kappa shape index (κ1) is 9.81. The van der Waals surface area contributed by atoms with Crippen LogP contribution >= 0.6 is 11.6 Å². The molecule has 0 radical (unpaired) electrons. The summed E-state index contributed by atoms with van der Waals surface area (Å²) in [4.78, 5) is 4.14. The summed E-state index contributed by atoms with van der Waals surface area (Å²) in [6.07, 6.45) is 1.74. The molecule has 2 N–H and O–H groups in total. The van der Waals surface area contributed by atoms with Crippen molar-refractivity contribution in [2.45, 2.75) is 0 Å². The highest BCUT2D eigenvalue weighted by Crippen LogP contribution is 2.19. The van der Waals surface area contributed by atoms with Gasteiger partial charge in [0.2, 0.25) is 0 Å². The standard InChI is InChI=1S/C10H11ClN2/c1-2-8-5-3-4-6-9(8)13-10(12)7-11/h2-6H,1,7H2,(H2,12,13). The molecule has 1 aromatic carbocycles. The molecule has 0 bridgehead atoms. The van der Waals surface area contributed by atoms with Crippen molar-refractivity contribution in [3.8, 4) is 0 Å². The zero-order valence-corrected chi connectivity index (χ0v) is 7.96. The number of amidine groups is 1. The number of para-hydroxylation sites is 1. The lowest BCUT2D eigenvalue weighted by Crippen LogP contribution is -2.12. The Labute approximate surface area is 82.7 Å². The molecule has 0 saturated carbocycles. The van der Waals surface area contributed by atoms with Crippen molar-refractivity contribution in [2.75, 3.05) is 5.88 Å². The molecule has 0 fully saturated rings. The number of aliphatic imine (C=N–C) groups is 1. The Balaban J connectivity index is 3.06. The van der Waals surface area contributed by atoms with E-state index in [1.54, 1.807) is 6.08 Å². The van der Waals surface area contributed by atoms with Crippen molar-refractivity contribution in [2.24, 2.45) is 10.7 Å². The fraction of sp³-hybridized carbons (Fsp3) is 0.100. The second-order valence-corrected chi connectivity index (χ2v) is 2.77. The first-order valence-corrected chi connectivity index (χ1v) is 4.42. The molecular weight excluding hydrogens is 184 g/mol. The maximum absolute atomic E-state index is 5.52. The van der Waals surface area contributed by atoms with Gasteiger partial charge in [0, 0.05) is 0 Å². The van der Waals surface area contributed by atoms with Crippen LogP contribution in [0.25, 0.3) is 6.08 Å². The SMILES string of the molecule is C=Cc1ccccc1N=C(N)CCl. The Hall–Kier alpha value is -1.28. The number of nitrogens with zero attached hydrogens (tertiary/aromatic N) is 1. The molecule has 13 heavy (non-hydrogen) atoms. The number of hydrogen-bond donors (Lipinski definition) is 1. The molecule has 3 heteroatoms. The summed E-state index contributed by atoms with van der Waals surface area (Å²) in [7, 11) is 0. The molecule has 0 aromatic heterocycles. The maximum Gasteiger partial charge on any atom is 0.115 e. The molecule has 68 valence electrons. The first-order valence-electron chi connectivity index (χ1n) is 3.88. The molecular formula is C10H11ClN2. The van der Waals surface area contributed by atoms with Gasteiger partial charge in [0.15, 0.2) is 0 Å². The van der Waals surface area contributed by atoms with Gasteiger partial charge in [0.1, 0.15) is 5.84 Å². The van der Waals surface area contributed by atoms with Gasteiger partial charge in [-0.15, -0.1) is 11.6 Å². The van der Waals surface area contributed by atoms with Gasteiger partial charge in [-0.25, -0.2) is 4.99 Å². The predicted octanol–water partition coefficient (Wildman–Crippen LogP) is 2.56. The number of nitrogens with two attached hydrogens (primary N) is 1. The number of rotatable bonds is 3. The highest BCUT2D eigenvalue weighted by Gasteiger charge is 1.96. The van der Waals surface area contributed by atoms with Gasteiger partial charge < -0.3 is 5.73 Å². The first-order chi connectivity index (χ1) is 6.27. The van der Waals surface area contributed by atoms with Gasteiger partial charge in [-0.1, -0.05) is 30.9 Å². The molecule has 0 unspecified atom stereocenters. The normalized spacial score (nSPS) is 11.3. The van der Waals surface area contributed by atoms with Crippen molar-refractivity contribution in [3.63, 3.8) is 0 Å². The Morgan fingerprint density at radius 1 is 1.54 bits per heavy atom. The van der Waals surface area contributed by atoms with Crippen LogP contribution in [0.2, 0.25) is 0 Å². The van der Waals surface area contributed by atoms with Gasteiger partial charge >= 0.3 is 0 Å². The van der Waals surface area contributed by atoms with Crippen LogP contribution in [0.15, 0.2) is 35.8 Å². The maximum atomic E-state index is 5.52. The van der Waals surface area contributed by atoms with Crippen molar-refractivity contribution >= 4 is 29.2 Å². The molecule has 1 aromatic rings. The predicted molar refractivity (Wildman–Crippen MR) is 58.5 cm³/mol. The second kappa shape index (κ2) is 4.67. The summed E-state index contributed by atoms with van der Waals surface area (Å²) in [5.74, 6) is 0.654. The lowest BCUT2D eigenvalue weighted by atomic mass is 10.2. The minimum absolute atomic E-state index is 0.242. The molecule has 1 rings (SSSR count). The molecule has 0 atom stereocenters. The zero-order chi connectivity index (χ0) is 9.68. The van der Waals surface area contributed by atoms with Crippen molar-refractivity contribution in [1.82, 2.24) is 0 Å². The van der Waals surface area contributed by atoms with E-state index < -0.39 is 0 Å². The van der Waals surface area contributed by atoms with Crippen LogP contribution < -0.4 is 5.73 Å². The van der Waals surface area contributed by atoms with Crippen LogP contribution in [0.4, 0.5) is 5.69 Å². The Bertz CT molecular complexity index is 331. The fourth-order valence-corrected chi connectivity index (χ4v) is 1.01. The van der Waals surface area contributed by atoms with Crippen molar-refractivity contribution < 1.29 is 0 Å². The van der Waals surface area contributed by atoms with Gasteiger partial charge in [0.25, 0.3) is 0 Å². The third-order valence-electron chi connectivity index (χ3n) is 1.56. The molecule has 0 saturated heterocycles. The molecule has 0 aliphatic heterocycles. The van der Waals surface area contributed by atoms with E-state index in [0.717, 1.165) is 11.3 Å². The van der Waals surface area contributed by atoms with Crippen LogP contribution in [-0.4, -0.2) is 11.7 Å². The number of alkyl halides is 1. The zero-order valence-electron chi connectivity index (χ0n) is 7.20. The van der Waals surface area contributed by atoms with E-state index in [0.29, 0.717) is 5.84 Å². The van der Waals surface area contributed by atoms with Crippen molar-refractivity contribution in [1.29, 1.82) is 0 Å². The molecule has 0 heterocycles. The van der Waals surface area contributed by atoms with E-state index in [2.05, 4.69) is 11.6 Å². The van der Waals surface area contributed by atoms with Crippen molar-refractivity contribution in [3.05, 3.63) is 36.4 Å². The molecule has 0 aliphatic rings. The minimum Gasteiger partial charge on any atom is -0.386 e. The summed E-state index contributed by atoms with van der Waals surface area (Å²) < 4.78 is 0. The largest absolute Gasteiger partial charge is 0.386 e. The topological polar surface area (TPSA) is 38.4 Å². The molecule has 0 amide bonds. The summed E-state index contributed by atoms with van der Waals surface area (Å²) in [5, 5.41) is 0. The van der Waals surface area contributed by atoms with E-state index in [9.17, 15) is 0 Å². The third kappa shape index (κ3) is 2.60. The van der Waals surface area contributed by atoms with E-state index in [1.165, 1.54) is 0 Å². The second-order valence-electron chi connectivity index (χ2n) is 2.50. The van der Waals surface area contributed by atoms with Gasteiger partial charge in [-0.05, 0) is 11.6 Å². The van der Waals surface area contributed by atoms with E-state index in [1.807, 2.05) is 24.3 Å². The molecule has 0 spiro atoms.